The molecule has 124 valence electrons. The fraction of sp³-hybridized carbons (Fsp3) is 0.235. The summed E-state index contributed by atoms with van der Waals surface area (Å²) >= 11 is 3.12. The van der Waals surface area contributed by atoms with Crippen LogP contribution in [0.5, 0.6) is 0 Å². The summed E-state index contributed by atoms with van der Waals surface area (Å²) in [6.07, 6.45) is 0.889. The van der Waals surface area contributed by atoms with E-state index in [1.54, 1.807) is 23.5 Å². The monoisotopic (exact) mass is 360 g/mol. The summed E-state index contributed by atoms with van der Waals surface area (Å²) < 4.78 is 13.4. The number of benzene rings is 1. The lowest BCUT2D eigenvalue weighted by Crippen LogP contribution is -1.97. The highest BCUT2D eigenvalue weighted by molar-refractivity contribution is 7.98. The molecular formula is C17H17FN4S2. The number of nitrogens with zero attached hydrogens (tertiary/aromatic N) is 3. The van der Waals surface area contributed by atoms with E-state index in [4.69, 9.17) is 10.7 Å². The summed E-state index contributed by atoms with van der Waals surface area (Å²) in [5.74, 6) is 0.887. The van der Waals surface area contributed by atoms with Crippen LogP contribution in [0.3, 0.4) is 0 Å². The van der Waals surface area contributed by atoms with E-state index >= 15 is 0 Å². The molecule has 2 N–H and O–H groups in total. The Morgan fingerprint density at radius 3 is 2.75 bits per heavy atom. The number of thioether (sulfide) groups is 1. The maximum Gasteiger partial charge on any atom is 0.190 e. The fourth-order valence-corrected chi connectivity index (χ4v) is 4.27. The summed E-state index contributed by atoms with van der Waals surface area (Å²) in [7, 11) is 0. The van der Waals surface area contributed by atoms with Crippen molar-refractivity contribution in [2.75, 3.05) is 5.73 Å². The van der Waals surface area contributed by atoms with Crippen LogP contribution in [0.1, 0.15) is 23.2 Å². The van der Waals surface area contributed by atoms with Crippen molar-refractivity contribution in [3.63, 3.8) is 0 Å². The normalized spacial score (nSPS) is 11.0. The van der Waals surface area contributed by atoms with Crippen molar-refractivity contribution in [2.24, 2.45) is 0 Å². The third-order valence-electron chi connectivity index (χ3n) is 3.36. The minimum Gasteiger partial charge on any atom is -0.384 e. The first-order valence-electron chi connectivity index (χ1n) is 7.53. The Hall–Kier alpha value is -1.99. The summed E-state index contributed by atoms with van der Waals surface area (Å²) in [4.78, 5) is 14.5. The molecular weight excluding hydrogens is 343 g/mol. The average molecular weight is 360 g/mol. The second-order valence-corrected chi connectivity index (χ2v) is 7.28. The van der Waals surface area contributed by atoms with E-state index in [9.17, 15) is 4.39 Å². The summed E-state index contributed by atoms with van der Waals surface area (Å²) in [6, 6.07) is 8.28. The van der Waals surface area contributed by atoms with Crippen LogP contribution in [0.25, 0.3) is 10.6 Å². The van der Waals surface area contributed by atoms with Crippen molar-refractivity contribution >= 4 is 28.9 Å². The zero-order chi connectivity index (χ0) is 17.1. The number of thiazole rings is 1. The van der Waals surface area contributed by atoms with Crippen molar-refractivity contribution in [1.82, 2.24) is 15.0 Å². The van der Waals surface area contributed by atoms with E-state index in [0.29, 0.717) is 16.7 Å². The largest absolute Gasteiger partial charge is 0.384 e. The SMILES string of the molecule is CCc1sc(-c2cccc(F)c2)nc1CSc1nc(C)cc(N)n1. The highest BCUT2D eigenvalue weighted by Crippen LogP contribution is 2.32. The van der Waals surface area contributed by atoms with Crippen molar-refractivity contribution in [3.05, 3.63) is 52.4 Å². The Bertz CT molecular complexity index is 843. The molecule has 0 amide bonds. The summed E-state index contributed by atoms with van der Waals surface area (Å²) in [5.41, 5.74) is 8.42. The second kappa shape index (κ2) is 7.27. The van der Waals surface area contributed by atoms with Gasteiger partial charge in [0.15, 0.2) is 5.16 Å². The smallest absolute Gasteiger partial charge is 0.190 e. The van der Waals surface area contributed by atoms with E-state index in [2.05, 4.69) is 16.9 Å². The lowest BCUT2D eigenvalue weighted by molar-refractivity contribution is 0.628. The molecule has 0 saturated carbocycles. The van der Waals surface area contributed by atoms with Crippen LogP contribution >= 0.6 is 23.1 Å². The molecule has 4 nitrogen and oxygen atoms in total. The van der Waals surface area contributed by atoms with Crippen molar-refractivity contribution < 1.29 is 4.39 Å². The minimum absolute atomic E-state index is 0.250. The van der Waals surface area contributed by atoms with E-state index in [-0.39, 0.29) is 5.82 Å². The molecule has 0 bridgehead atoms. The molecule has 0 atom stereocenters. The lowest BCUT2D eigenvalue weighted by Gasteiger charge is -2.02. The standard InChI is InChI=1S/C17H17FN4S2/c1-3-14-13(9-23-17-20-10(2)7-15(19)22-17)21-16(24-14)11-5-4-6-12(18)8-11/h4-8H,3,9H2,1-2H3,(H2,19,20,22). The molecule has 0 aliphatic carbocycles. The minimum atomic E-state index is -0.250. The Morgan fingerprint density at radius 1 is 1.21 bits per heavy atom. The number of nitrogen functional groups attached to an aromatic ring is 1. The quantitative estimate of drug-likeness (QED) is 0.537. The molecule has 7 heteroatoms. The Labute approximate surface area is 148 Å². The number of hydrogen-bond donors (Lipinski definition) is 1. The van der Waals surface area contributed by atoms with Gasteiger partial charge in [-0.25, -0.2) is 19.3 Å². The highest BCUT2D eigenvalue weighted by Gasteiger charge is 2.13. The van der Waals surface area contributed by atoms with Crippen molar-refractivity contribution in [3.8, 4) is 10.6 Å². The number of aryl methyl sites for hydroxylation is 2. The number of rotatable bonds is 5. The second-order valence-electron chi connectivity index (χ2n) is 5.26. The molecule has 0 unspecified atom stereocenters. The number of hydrogen-bond acceptors (Lipinski definition) is 6. The van der Waals surface area contributed by atoms with Crippen molar-refractivity contribution in [1.29, 1.82) is 0 Å². The van der Waals surface area contributed by atoms with Crippen LogP contribution in [0.15, 0.2) is 35.5 Å². The third kappa shape index (κ3) is 3.91. The molecule has 0 aliphatic rings. The van der Waals surface area contributed by atoms with Gasteiger partial charge < -0.3 is 5.73 Å². The zero-order valence-electron chi connectivity index (χ0n) is 13.4. The summed E-state index contributed by atoms with van der Waals surface area (Å²) in [6.45, 7) is 3.99. The number of halogens is 1. The molecule has 1 aromatic carbocycles. The van der Waals surface area contributed by atoms with Gasteiger partial charge in [-0.1, -0.05) is 30.8 Å². The van der Waals surface area contributed by atoms with Crippen LogP contribution in [0.2, 0.25) is 0 Å². The van der Waals surface area contributed by atoms with Gasteiger partial charge in [0.05, 0.1) is 5.69 Å². The lowest BCUT2D eigenvalue weighted by atomic mass is 10.2. The van der Waals surface area contributed by atoms with Crippen LogP contribution in [0, 0.1) is 12.7 Å². The molecule has 3 rings (SSSR count). The van der Waals surface area contributed by atoms with Gasteiger partial charge in [0.1, 0.15) is 16.6 Å². The molecule has 0 spiro atoms. The number of anilines is 1. The van der Waals surface area contributed by atoms with Gasteiger partial charge in [-0.3, -0.25) is 0 Å². The Balaban J connectivity index is 1.83. The molecule has 0 saturated heterocycles. The zero-order valence-corrected chi connectivity index (χ0v) is 15.0. The van der Waals surface area contributed by atoms with Gasteiger partial charge in [0.2, 0.25) is 0 Å². The van der Waals surface area contributed by atoms with Gasteiger partial charge in [-0.05, 0) is 25.5 Å². The van der Waals surface area contributed by atoms with Crippen LogP contribution in [-0.2, 0) is 12.2 Å². The van der Waals surface area contributed by atoms with Crippen LogP contribution < -0.4 is 5.73 Å². The topological polar surface area (TPSA) is 64.7 Å². The molecule has 24 heavy (non-hydrogen) atoms. The first-order valence-corrected chi connectivity index (χ1v) is 9.34. The highest BCUT2D eigenvalue weighted by atomic mass is 32.2. The van der Waals surface area contributed by atoms with E-state index in [0.717, 1.165) is 28.4 Å². The van der Waals surface area contributed by atoms with Gasteiger partial charge in [-0.15, -0.1) is 11.3 Å². The van der Waals surface area contributed by atoms with Crippen molar-refractivity contribution in [2.45, 2.75) is 31.2 Å². The van der Waals surface area contributed by atoms with Crippen LogP contribution in [-0.4, -0.2) is 15.0 Å². The molecule has 2 aromatic heterocycles. The maximum atomic E-state index is 13.4. The predicted molar refractivity (Wildman–Crippen MR) is 97.6 cm³/mol. The van der Waals surface area contributed by atoms with Gasteiger partial charge in [0, 0.05) is 28.0 Å². The van der Waals surface area contributed by atoms with E-state index in [1.165, 1.54) is 28.8 Å². The number of nitrogens with two attached hydrogens (primary N) is 1. The van der Waals surface area contributed by atoms with Gasteiger partial charge in [-0.2, -0.15) is 0 Å². The first kappa shape index (κ1) is 16.9. The molecule has 0 fully saturated rings. The van der Waals surface area contributed by atoms with E-state index in [1.807, 2.05) is 13.0 Å². The molecule has 3 aromatic rings. The predicted octanol–water partition coefficient (Wildman–Crippen LogP) is 4.48. The maximum absolute atomic E-state index is 13.4. The molecule has 0 radical (unpaired) electrons. The van der Waals surface area contributed by atoms with Crippen LogP contribution in [0.4, 0.5) is 10.2 Å². The number of aromatic nitrogens is 3. The van der Waals surface area contributed by atoms with E-state index < -0.39 is 0 Å². The first-order chi connectivity index (χ1) is 11.5. The molecule has 2 heterocycles. The summed E-state index contributed by atoms with van der Waals surface area (Å²) in [5, 5.41) is 1.49. The Kier molecular flexibility index (Phi) is 5.11. The van der Waals surface area contributed by atoms with Gasteiger partial charge in [0.25, 0.3) is 0 Å². The third-order valence-corrected chi connectivity index (χ3v) is 5.51. The fourth-order valence-electron chi connectivity index (χ4n) is 2.28. The Morgan fingerprint density at radius 2 is 2.04 bits per heavy atom. The molecule has 0 aliphatic heterocycles. The van der Waals surface area contributed by atoms with Gasteiger partial charge >= 0.3 is 0 Å². The average Bonchev–Trinajstić information content (AvgIpc) is 2.95.